The number of rotatable bonds is 4. The number of benzene rings is 6. The maximum Gasteiger partial charge on any atom is 0.211 e. The molecule has 6 aromatic rings. The van der Waals surface area contributed by atoms with Crippen LogP contribution in [0.15, 0.2) is 153 Å². The van der Waals surface area contributed by atoms with Gasteiger partial charge < -0.3 is 10.6 Å². The summed E-state index contributed by atoms with van der Waals surface area (Å²) in [5, 5.41) is 8.75. The third-order valence-electron chi connectivity index (χ3n) is 9.24. The number of hydrogen-bond acceptors (Lipinski definition) is 6. The summed E-state index contributed by atoms with van der Waals surface area (Å²) in [6, 6.07) is 40.8. The molecule has 232 valence electrons. The van der Waals surface area contributed by atoms with Crippen molar-refractivity contribution in [3.63, 3.8) is 0 Å². The molecule has 8 rings (SSSR count). The van der Waals surface area contributed by atoms with Crippen LogP contribution < -0.4 is 21.0 Å². The van der Waals surface area contributed by atoms with Gasteiger partial charge in [0, 0.05) is 11.1 Å². The van der Waals surface area contributed by atoms with E-state index in [4.69, 9.17) is 0 Å². The lowest BCUT2D eigenvalue weighted by Gasteiger charge is -2.35. The molecule has 6 aromatic carbocycles. The summed E-state index contributed by atoms with van der Waals surface area (Å²) in [6.45, 7) is 4.29. The molecule has 2 aliphatic rings. The second-order valence-electron chi connectivity index (χ2n) is 12.3. The summed E-state index contributed by atoms with van der Waals surface area (Å²) in [6.07, 6.45) is 0. The van der Waals surface area contributed by atoms with Crippen molar-refractivity contribution in [3.05, 3.63) is 133 Å². The first-order valence-corrected chi connectivity index (χ1v) is 21.2. The van der Waals surface area contributed by atoms with Gasteiger partial charge in [-0.2, -0.15) is 0 Å². The van der Waals surface area contributed by atoms with Gasteiger partial charge in [-0.15, -0.1) is 0 Å². The maximum absolute atomic E-state index is 14.4. The minimum atomic E-state index is -3.92. The van der Waals surface area contributed by atoms with Gasteiger partial charge in [0.1, 0.15) is 17.9 Å². The van der Waals surface area contributed by atoms with Gasteiger partial charge in [0.15, 0.2) is 0 Å². The Balaban J connectivity index is 1.41. The first-order chi connectivity index (χ1) is 22.6. The predicted octanol–water partition coefficient (Wildman–Crippen LogP) is 7.62. The van der Waals surface area contributed by atoms with Crippen LogP contribution in [0.5, 0.6) is 0 Å². The smallest absolute Gasteiger partial charge is 0.211 e. The number of anilines is 4. The van der Waals surface area contributed by atoms with Crippen LogP contribution in [0.3, 0.4) is 0 Å². The lowest BCUT2D eigenvalue weighted by atomic mass is 10.0. The van der Waals surface area contributed by atoms with Crippen molar-refractivity contribution in [2.24, 2.45) is 0 Å². The molecule has 0 spiro atoms. The van der Waals surface area contributed by atoms with E-state index < -0.39 is 27.7 Å². The van der Waals surface area contributed by atoms with Crippen LogP contribution in [-0.4, -0.2) is 24.9 Å². The topological polar surface area (TPSA) is 92.3 Å². The summed E-state index contributed by atoms with van der Waals surface area (Å²) >= 11 is 0. The van der Waals surface area contributed by atoms with E-state index >= 15 is 0 Å². The Morgan fingerprint density at radius 3 is 1.21 bits per heavy atom. The van der Waals surface area contributed by atoms with Crippen LogP contribution in [0.2, 0.25) is 13.1 Å². The molecule has 0 amide bonds. The van der Waals surface area contributed by atoms with Crippen LogP contribution in [0, 0.1) is 0 Å². The van der Waals surface area contributed by atoms with Gasteiger partial charge in [0.2, 0.25) is 19.7 Å². The molecule has 9 heteroatoms. The molecule has 0 saturated carbocycles. The molecule has 0 unspecified atom stereocenters. The first-order valence-electron chi connectivity index (χ1n) is 15.3. The molecule has 47 heavy (non-hydrogen) atoms. The molecule has 0 aromatic heterocycles. The van der Waals surface area contributed by atoms with Crippen LogP contribution in [0.4, 0.5) is 22.7 Å². The molecule has 0 bridgehead atoms. The average Bonchev–Trinajstić information content (AvgIpc) is 3.08. The minimum absolute atomic E-state index is 0.232. The molecule has 0 radical (unpaired) electrons. The zero-order valence-corrected chi connectivity index (χ0v) is 28.3. The summed E-state index contributed by atoms with van der Waals surface area (Å²) in [5.41, 5.74) is 4.96. The van der Waals surface area contributed by atoms with E-state index in [2.05, 4.69) is 23.7 Å². The summed E-state index contributed by atoms with van der Waals surface area (Å²) in [5.74, 6) is 0. The highest BCUT2D eigenvalue weighted by Crippen LogP contribution is 2.46. The van der Waals surface area contributed by atoms with Gasteiger partial charge in [-0.3, -0.25) is 0 Å². The number of sulfone groups is 2. The van der Waals surface area contributed by atoms with Crippen LogP contribution >= 0.6 is 0 Å². The predicted molar refractivity (Wildman–Crippen MR) is 191 cm³/mol. The normalized spacial score (nSPS) is 15.2. The van der Waals surface area contributed by atoms with Crippen molar-refractivity contribution < 1.29 is 16.8 Å². The Morgan fingerprint density at radius 1 is 0.447 bits per heavy atom. The molecule has 2 heterocycles. The quantitative estimate of drug-likeness (QED) is 0.187. The summed E-state index contributed by atoms with van der Waals surface area (Å²) in [4.78, 5) is 0.938. The lowest BCUT2D eigenvalue weighted by Crippen LogP contribution is -2.55. The standard InChI is InChI=1S/C38H30N2O4S2Si/c1-47(2,33-23-21-27(25-13-5-3-6-14-25)37-35(33)39-29-17-9-11-19-31(29)45(37,41)42)34-24-22-28(26-15-7-4-8-16-26)38-36(34)40-30-18-10-12-20-32(30)46(38,43)44/h3-24,39-40H,1-2H3. The Morgan fingerprint density at radius 2 is 0.809 bits per heavy atom. The Bertz CT molecular complexity index is 2290. The zero-order valence-electron chi connectivity index (χ0n) is 25.7. The van der Waals surface area contributed by atoms with Gasteiger partial charge in [-0.05, 0) is 45.8 Å². The Kier molecular flexibility index (Phi) is 6.60. The van der Waals surface area contributed by atoms with Crippen molar-refractivity contribution in [2.45, 2.75) is 32.7 Å². The number of nitrogens with one attached hydrogen (secondary N) is 2. The van der Waals surface area contributed by atoms with Gasteiger partial charge in [-0.1, -0.05) is 122 Å². The molecule has 0 fully saturated rings. The number of hydrogen-bond donors (Lipinski definition) is 2. The molecule has 0 saturated heterocycles. The Hall–Kier alpha value is -4.96. The van der Waals surface area contributed by atoms with Crippen LogP contribution in [0.25, 0.3) is 22.3 Å². The fourth-order valence-electron chi connectivity index (χ4n) is 6.95. The largest absolute Gasteiger partial charge is 0.353 e. The summed E-state index contributed by atoms with van der Waals surface area (Å²) < 4.78 is 57.8. The Labute approximate surface area is 275 Å². The second kappa shape index (κ2) is 10.5. The van der Waals surface area contributed by atoms with Crippen molar-refractivity contribution in [3.8, 4) is 22.3 Å². The average molecular weight is 671 g/mol. The van der Waals surface area contributed by atoms with E-state index in [1.165, 1.54) is 0 Å². The van der Waals surface area contributed by atoms with Gasteiger partial charge in [0.25, 0.3) is 0 Å². The van der Waals surface area contributed by atoms with Crippen molar-refractivity contribution in [1.82, 2.24) is 0 Å². The molecule has 6 nitrogen and oxygen atoms in total. The second-order valence-corrected chi connectivity index (χ2v) is 20.4. The SMILES string of the molecule is C[Si](C)(c1ccc(-c2ccccc2)c2c1Nc1ccccc1S2(=O)=O)c1ccc(-c2ccccc2)c2c1Nc1ccccc1S2(=O)=O. The molecule has 2 aliphatic heterocycles. The van der Waals surface area contributed by atoms with Crippen molar-refractivity contribution in [1.29, 1.82) is 0 Å². The third kappa shape index (κ3) is 4.41. The van der Waals surface area contributed by atoms with E-state index in [0.29, 0.717) is 33.9 Å². The fraction of sp³-hybridized carbons (Fsp3) is 0.0526. The third-order valence-corrected chi connectivity index (χ3v) is 16.6. The first kappa shape index (κ1) is 29.4. The molecular weight excluding hydrogens is 641 g/mol. The van der Waals surface area contributed by atoms with Crippen molar-refractivity contribution >= 4 is 60.9 Å². The van der Waals surface area contributed by atoms with E-state index in [-0.39, 0.29) is 19.6 Å². The molecule has 0 aliphatic carbocycles. The fourth-order valence-corrected chi connectivity index (χ4v) is 13.6. The van der Waals surface area contributed by atoms with Crippen molar-refractivity contribution in [2.75, 3.05) is 10.6 Å². The number of para-hydroxylation sites is 2. The molecule has 2 N–H and O–H groups in total. The minimum Gasteiger partial charge on any atom is -0.353 e. The molecular formula is C38H30N2O4S2Si. The number of fused-ring (bicyclic) bond motifs is 4. The summed E-state index contributed by atoms with van der Waals surface area (Å²) in [7, 11) is -10.7. The van der Waals surface area contributed by atoms with E-state index in [1.807, 2.05) is 97.1 Å². The van der Waals surface area contributed by atoms with E-state index in [9.17, 15) is 16.8 Å². The van der Waals surface area contributed by atoms with Crippen LogP contribution in [0.1, 0.15) is 0 Å². The highest BCUT2D eigenvalue weighted by atomic mass is 32.2. The van der Waals surface area contributed by atoms with Gasteiger partial charge >= 0.3 is 0 Å². The van der Waals surface area contributed by atoms with E-state index in [1.54, 1.807) is 36.4 Å². The van der Waals surface area contributed by atoms with E-state index in [0.717, 1.165) is 21.5 Å². The highest BCUT2D eigenvalue weighted by Gasteiger charge is 2.42. The molecule has 0 atom stereocenters. The zero-order chi connectivity index (χ0) is 32.6. The monoisotopic (exact) mass is 670 g/mol. The van der Waals surface area contributed by atoms with Gasteiger partial charge in [-0.25, -0.2) is 16.8 Å². The van der Waals surface area contributed by atoms with Gasteiger partial charge in [0.05, 0.1) is 32.5 Å². The lowest BCUT2D eigenvalue weighted by molar-refractivity contribution is 0.594. The highest BCUT2D eigenvalue weighted by molar-refractivity contribution is 7.92. The van der Waals surface area contributed by atoms with Crippen LogP contribution in [-0.2, 0) is 19.7 Å². The maximum atomic E-state index is 14.4.